The van der Waals surface area contributed by atoms with Gasteiger partial charge in [-0.15, -0.1) is 0 Å². The van der Waals surface area contributed by atoms with E-state index in [-0.39, 0.29) is 0 Å². The van der Waals surface area contributed by atoms with Gasteiger partial charge < -0.3 is 4.90 Å². The summed E-state index contributed by atoms with van der Waals surface area (Å²) in [5, 5.41) is 0. The average Bonchev–Trinajstić information content (AvgIpc) is 2.25. The zero-order valence-corrected chi connectivity index (χ0v) is 10.6. The van der Waals surface area contributed by atoms with Crippen LogP contribution in [0.1, 0.15) is 18.4 Å². The quantitative estimate of drug-likeness (QED) is 0.710. The monoisotopic (exact) mass is 276 g/mol. The van der Waals surface area contributed by atoms with Crippen molar-refractivity contribution in [1.29, 1.82) is 0 Å². The Morgan fingerprint density at radius 1 is 1.31 bits per heavy atom. The van der Waals surface area contributed by atoms with Crippen LogP contribution in [0.15, 0.2) is 27.7 Å². The third-order valence-electron chi connectivity index (χ3n) is 4.08. The van der Waals surface area contributed by atoms with Crippen molar-refractivity contribution in [3.05, 3.63) is 28.2 Å². The second-order valence-corrected chi connectivity index (χ2v) is 5.98. The van der Waals surface area contributed by atoms with Gasteiger partial charge in [-0.05, 0) is 30.9 Å². The minimum atomic E-state index is 0.755. The molecule has 0 atom stereocenters. The van der Waals surface area contributed by atoms with E-state index in [1.165, 1.54) is 40.9 Å². The zero-order chi connectivity index (χ0) is 10.7. The van der Waals surface area contributed by atoms with Gasteiger partial charge in [-0.2, -0.15) is 0 Å². The average molecular weight is 277 g/mol. The first kappa shape index (κ1) is 9.23. The largest absolute Gasteiger partial charge is 0.355 e. The lowest BCUT2D eigenvalue weighted by Crippen LogP contribution is -2.53. The number of piperidine rings is 2. The van der Waals surface area contributed by atoms with E-state index in [0.29, 0.717) is 0 Å². The normalized spacial score (nSPS) is 30.1. The molecule has 1 saturated carbocycles. The summed E-state index contributed by atoms with van der Waals surface area (Å²) in [6.07, 6.45) is 2.75. The Kier molecular flexibility index (Phi) is 1.79. The van der Waals surface area contributed by atoms with Crippen molar-refractivity contribution in [2.24, 2.45) is 16.8 Å². The van der Waals surface area contributed by atoms with Crippen molar-refractivity contribution in [1.82, 2.24) is 4.90 Å². The Hall–Kier alpha value is -0.830. The SMILES string of the molecule is Brc1cccc2c1CN1CC3CC(C3)C1=N2. The molecular formula is C13H13BrN2. The van der Waals surface area contributed by atoms with Crippen LogP contribution in [-0.2, 0) is 6.54 Å². The number of nitrogens with zero attached hydrogens (tertiary/aromatic N) is 2. The summed E-state index contributed by atoms with van der Waals surface area (Å²) in [6, 6.07) is 6.33. The van der Waals surface area contributed by atoms with E-state index in [1.54, 1.807) is 0 Å². The first-order valence-corrected chi connectivity index (χ1v) is 6.71. The molecule has 0 unspecified atom stereocenters. The van der Waals surface area contributed by atoms with E-state index >= 15 is 0 Å². The first-order valence-electron chi connectivity index (χ1n) is 5.92. The summed E-state index contributed by atoms with van der Waals surface area (Å²) >= 11 is 3.63. The Balaban J connectivity index is 1.84. The van der Waals surface area contributed by atoms with Crippen LogP contribution >= 0.6 is 15.9 Å². The Bertz CT molecular complexity index is 489. The maximum atomic E-state index is 4.86. The number of rotatable bonds is 0. The van der Waals surface area contributed by atoms with Crippen LogP contribution in [0, 0.1) is 11.8 Å². The van der Waals surface area contributed by atoms with Crippen LogP contribution in [-0.4, -0.2) is 17.3 Å². The maximum Gasteiger partial charge on any atom is 0.108 e. The molecule has 2 nitrogen and oxygen atoms in total. The zero-order valence-electron chi connectivity index (χ0n) is 8.99. The molecule has 3 heterocycles. The molecule has 0 amide bonds. The Morgan fingerprint density at radius 3 is 3.06 bits per heavy atom. The lowest BCUT2D eigenvalue weighted by molar-refractivity contribution is 0.135. The summed E-state index contributed by atoms with van der Waals surface area (Å²) in [4.78, 5) is 7.34. The highest BCUT2D eigenvalue weighted by Gasteiger charge is 2.43. The summed E-state index contributed by atoms with van der Waals surface area (Å²) in [5.74, 6) is 3.05. The van der Waals surface area contributed by atoms with E-state index in [9.17, 15) is 0 Å². The third-order valence-corrected chi connectivity index (χ3v) is 4.82. The highest BCUT2D eigenvalue weighted by Crippen LogP contribution is 2.45. The molecule has 1 aromatic carbocycles. The second kappa shape index (κ2) is 3.10. The molecule has 0 radical (unpaired) electrons. The highest BCUT2D eigenvalue weighted by molar-refractivity contribution is 9.10. The van der Waals surface area contributed by atoms with Crippen LogP contribution in [0.5, 0.6) is 0 Å². The molecule has 3 heteroatoms. The summed E-state index contributed by atoms with van der Waals surface area (Å²) in [6.45, 7) is 2.26. The second-order valence-electron chi connectivity index (χ2n) is 5.12. The molecular weight excluding hydrogens is 264 g/mol. The molecule has 1 aliphatic carbocycles. The third kappa shape index (κ3) is 1.15. The number of aliphatic imine (C=N–C) groups is 1. The van der Waals surface area contributed by atoms with E-state index in [0.717, 1.165) is 18.4 Å². The predicted octanol–water partition coefficient (Wildman–Crippen LogP) is 3.33. The van der Waals surface area contributed by atoms with Gasteiger partial charge in [-0.1, -0.05) is 22.0 Å². The van der Waals surface area contributed by atoms with Crippen molar-refractivity contribution in [3.8, 4) is 0 Å². The molecule has 3 fully saturated rings. The molecule has 3 aliphatic heterocycles. The van der Waals surface area contributed by atoms with Crippen molar-refractivity contribution in [2.75, 3.05) is 6.54 Å². The topological polar surface area (TPSA) is 15.6 Å². The summed E-state index contributed by atoms with van der Waals surface area (Å²) < 4.78 is 1.20. The number of hydrogen-bond donors (Lipinski definition) is 0. The van der Waals surface area contributed by atoms with Gasteiger partial charge in [0.05, 0.1) is 5.69 Å². The van der Waals surface area contributed by atoms with Gasteiger partial charge in [0.1, 0.15) is 5.84 Å². The molecule has 4 aliphatic rings. The van der Waals surface area contributed by atoms with Crippen LogP contribution in [0.4, 0.5) is 5.69 Å². The van der Waals surface area contributed by atoms with E-state index < -0.39 is 0 Å². The molecule has 2 bridgehead atoms. The Labute approximate surface area is 103 Å². The lowest BCUT2D eigenvalue weighted by Gasteiger charge is -2.50. The molecule has 0 N–H and O–H groups in total. The van der Waals surface area contributed by atoms with E-state index in [4.69, 9.17) is 4.99 Å². The fourth-order valence-corrected chi connectivity index (χ4v) is 3.67. The minimum Gasteiger partial charge on any atom is -0.355 e. The summed E-state index contributed by atoms with van der Waals surface area (Å²) in [7, 11) is 0. The maximum absolute atomic E-state index is 4.86. The first-order chi connectivity index (χ1) is 7.81. The number of hydrogen-bond acceptors (Lipinski definition) is 2. The summed E-state index contributed by atoms with van der Waals surface area (Å²) in [5.41, 5.74) is 2.53. The molecule has 82 valence electrons. The minimum absolute atomic E-state index is 0.755. The molecule has 0 aromatic heterocycles. The Morgan fingerprint density at radius 2 is 2.19 bits per heavy atom. The smallest absolute Gasteiger partial charge is 0.108 e. The molecule has 1 aromatic rings. The van der Waals surface area contributed by atoms with Gasteiger partial charge in [0.25, 0.3) is 0 Å². The standard InChI is InChI=1S/C13H13BrN2/c14-11-2-1-3-12-10(11)7-16-6-8-4-9(5-8)13(16)15-12/h1-3,8-9H,4-7H2. The number of halogens is 1. The van der Waals surface area contributed by atoms with Crippen LogP contribution < -0.4 is 0 Å². The van der Waals surface area contributed by atoms with Gasteiger partial charge in [0, 0.05) is 29.0 Å². The van der Waals surface area contributed by atoms with Gasteiger partial charge in [0.15, 0.2) is 0 Å². The molecule has 16 heavy (non-hydrogen) atoms. The highest BCUT2D eigenvalue weighted by atomic mass is 79.9. The van der Waals surface area contributed by atoms with E-state index in [2.05, 4.69) is 39.0 Å². The number of amidine groups is 1. The van der Waals surface area contributed by atoms with Crippen LogP contribution in [0.25, 0.3) is 0 Å². The molecule has 5 rings (SSSR count). The van der Waals surface area contributed by atoms with E-state index in [1.807, 2.05) is 0 Å². The van der Waals surface area contributed by atoms with Gasteiger partial charge >= 0.3 is 0 Å². The number of benzene rings is 1. The van der Waals surface area contributed by atoms with Crippen LogP contribution in [0.3, 0.4) is 0 Å². The number of fused-ring (bicyclic) bond motifs is 1. The van der Waals surface area contributed by atoms with Gasteiger partial charge in [-0.3, -0.25) is 0 Å². The lowest BCUT2D eigenvalue weighted by atomic mass is 9.70. The molecule has 2 saturated heterocycles. The fourth-order valence-electron chi connectivity index (χ4n) is 3.19. The van der Waals surface area contributed by atoms with Gasteiger partial charge in [-0.25, -0.2) is 4.99 Å². The van der Waals surface area contributed by atoms with Crippen molar-refractivity contribution in [3.63, 3.8) is 0 Å². The predicted molar refractivity (Wildman–Crippen MR) is 67.9 cm³/mol. The van der Waals surface area contributed by atoms with Crippen molar-refractivity contribution in [2.45, 2.75) is 19.4 Å². The fraction of sp³-hybridized carbons (Fsp3) is 0.462. The van der Waals surface area contributed by atoms with Crippen molar-refractivity contribution < 1.29 is 0 Å². The van der Waals surface area contributed by atoms with Crippen LogP contribution in [0.2, 0.25) is 0 Å². The molecule has 0 spiro atoms. The van der Waals surface area contributed by atoms with Crippen molar-refractivity contribution >= 4 is 27.5 Å². The van der Waals surface area contributed by atoms with Gasteiger partial charge in [0.2, 0.25) is 0 Å².